The highest BCUT2D eigenvalue weighted by atomic mass is 16.3. The third-order valence-corrected chi connectivity index (χ3v) is 2.90. The Bertz CT molecular complexity index is 388. The molecule has 1 aromatic rings. The number of benzene rings is 1. The van der Waals surface area contributed by atoms with Crippen molar-refractivity contribution in [2.75, 3.05) is 0 Å². The van der Waals surface area contributed by atoms with Gasteiger partial charge in [-0.05, 0) is 5.56 Å². The van der Waals surface area contributed by atoms with Crippen molar-refractivity contribution in [3.63, 3.8) is 0 Å². The monoisotopic (exact) mass is 217 g/mol. The van der Waals surface area contributed by atoms with Gasteiger partial charge in [-0.1, -0.05) is 36.4 Å². The maximum Gasteiger partial charge on any atom is 0.252 e. The van der Waals surface area contributed by atoms with Gasteiger partial charge >= 0.3 is 0 Å². The summed E-state index contributed by atoms with van der Waals surface area (Å²) in [5.41, 5.74) is 1.07. The Balaban J connectivity index is 2.14. The second-order valence-corrected chi connectivity index (χ2v) is 4.01. The maximum atomic E-state index is 11.7. The second kappa shape index (κ2) is 4.49. The molecule has 0 aliphatic carbocycles. The van der Waals surface area contributed by atoms with Gasteiger partial charge in [-0.25, -0.2) is 0 Å². The largest absolute Gasteiger partial charge is 0.383 e. The number of carbonyl (C=O) groups excluding carboxylic acids is 1. The molecular formula is C13H15NO2. The van der Waals surface area contributed by atoms with Crippen LogP contribution in [0.2, 0.25) is 0 Å². The highest BCUT2D eigenvalue weighted by Gasteiger charge is 2.36. The molecule has 1 saturated heterocycles. The summed E-state index contributed by atoms with van der Waals surface area (Å²) in [5.74, 6) is -0.200. The van der Waals surface area contributed by atoms with Crippen LogP contribution in [0.4, 0.5) is 0 Å². The summed E-state index contributed by atoms with van der Waals surface area (Å²) in [4.78, 5) is 13.4. The Morgan fingerprint density at radius 3 is 2.75 bits per heavy atom. The van der Waals surface area contributed by atoms with E-state index in [1.165, 1.54) is 0 Å². The Hall–Kier alpha value is -1.61. The highest BCUT2D eigenvalue weighted by Crippen LogP contribution is 2.22. The van der Waals surface area contributed by atoms with Gasteiger partial charge < -0.3 is 10.0 Å². The van der Waals surface area contributed by atoms with Crippen LogP contribution in [0, 0.1) is 0 Å². The van der Waals surface area contributed by atoms with Crippen molar-refractivity contribution in [2.45, 2.75) is 25.1 Å². The Labute approximate surface area is 95.0 Å². The smallest absolute Gasteiger partial charge is 0.252 e. The van der Waals surface area contributed by atoms with Gasteiger partial charge in [-0.2, -0.15) is 0 Å². The van der Waals surface area contributed by atoms with Crippen LogP contribution in [0.1, 0.15) is 12.0 Å². The SMILES string of the molecule is C=CC1CC(O)C(=O)N1Cc1ccccc1. The lowest BCUT2D eigenvalue weighted by Gasteiger charge is -2.21. The first-order chi connectivity index (χ1) is 7.72. The van der Waals surface area contributed by atoms with E-state index in [0.29, 0.717) is 13.0 Å². The first kappa shape index (κ1) is 10.9. The fourth-order valence-corrected chi connectivity index (χ4v) is 2.01. The van der Waals surface area contributed by atoms with Crippen molar-refractivity contribution >= 4 is 5.91 Å². The number of hydrogen-bond donors (Lipinski definition) is 1. The zero-order valence-electron chi connectivity index (χ0n) is 9.04. The van der Waals surface area contributed by atoms with E-state index in [2.05, 4.69) is 6.58 Å². The molecule has 0 saturated carbocycles. The van der Waals surface area contributed by atoms with Crippen LogP contribution in [0.25, 0.3) is 0 Å². The molecule has 2 atom stereocenters. The molecule has 16 heavy (non-hydrogen) atoms. The quantitative estimate of drug-likeness (QED) is 0.776. The average molecular weight is 217 g/mol. The highest BCUT2D eigenvalue weighted by molar-refractivity contribution is 5.83. The summed E-state index contributed by atoms with van der Waals surface area (Å²) in [6.45, 7) is 4.23. The van der Waals surface area contributed by atoms with Gasteiger partial charge in [0, 0.05) is 13.0 Å². The van der Waals surface area contributed by atoms with E-state index in [1.807, 2.05) is 30.3 Å². The van der Waals surface area contributed by atoms with Crippen molar-refractivity contribution in [1.29, 1.82) is 0 Å². The standard InChI is InChI=1S/C13H15NO2/c1-2-11-8-12(15)13(16)14(11)9-10-6-4-3-5-7-10/h2-7,11-12,15H,1,8-9H2. The number of nitrogens with zero attached hydrogens (tertiary/aromatic N) is 1. The van der Waals surface area contributed by atoms with Crippen molar-refractivity contribution < 1.29 is 9.90 Å². The van der Waals surface area contributed by atoms with Crippen molar-refractivity contribution in [1.82, 2.24) is 4.90 Å². The number of rotatable bonds is 3. The predicted octanol–water partition coefficient (Wildman–Crippen LogP) is 1.33. The third-order valence-electron chi connectivity index (χ3n) is 2.90. The molecule has 3 heteroatoms. The molecule has 1 aromatic carbocycles. The molecule has 2 rings (SSSR count). The molecule has 1 fully saturated rings. The van der Waals surface area contributed by atoms with E-state index >= 15 is 0 Å². The molecule has 84 valence electrons. The van der Waals surface area contributed by atoms with Gasteiger partial charge in [-0.3, -0.25) is 4.79 Å². The van der Waals surface area contributed by atoms with Gasteiger partial charge in [0.25, 0.3) is 5.91 Å². The molecule has 1 heterocycles. The van der Waals surface area contributed by atoms with Crippen LogP contribution < -0.4 is 0 Å². The van der Waals surface area contributed by atoms with Crippen molar-refractivity contribution in [3.8, 4) is 0 Å². The van der Waals surface area contributed by atoms with Crippen LogP contribution in [-0.2, 0) is 11.3 Å². The minimum Gasteiger partial charge on any atom is -0.383 e. The topological polar surface area (TPSA) is 40.5 Å². The maximum absolute atomic E-state index is 11.7. The fourth-order valence-electron chi connectivity index (χ4n) is 2.01. The second-order valence-electron chi connectivity index (χ2n) is 4.01. The summed E-state index contributed by atoms with van der Waals surface area (Å²) in [6, 6.07) is 9.71. The van der Waals surface area contributed by atoms with E-state index in [-0.39, 0.29) is 11.9 Å². The zero-order chi connectivity index (χ0) is 11.5. The molecule has 1 amide bonds. The lowest BCUT2D eigenvalue weighted by Crippen LogP contribution is -2.33. The Morgan fingerprint density at radius 1 is 1.44 bits per heavy atom. The van der Waals surface area contributed by atoms with Crippen LogP contribution >= 0.6 is 0 Å². The van der Waals surface area contributed by atoms with E-state index < -0.39 is 6.10 Å². The molecule has 1 aliphatic heterocycles. The molecule has 1 aliphatic rings. The van der Waals surface area contributed by atoms with Gasteiger partial charge in [0.15, 0.2) is 0 Å². The number of amides is 1. The van der Waals surface area contributed by atoms with Gasteiger partial charge in [-0.15, -0.1) is 6.58 Å². The summed E-state index contributed by atoms with van der Waals surface area (Å²) in [6.07, 6.45) is 1.30. The number of hydrogen-bond acceptors (Lipinski definition) is 2. The Morgan fingerprint density at radius 2 is 2.12 bits per heavy atom. The molecule has 1 N–H and O–H groups in total. The van der Waals surface area contributed by atoms with E-state index in [1.54, 1.807) is 11.0 Å². The van der Waals surface area contributed by atoms with Crippen LogP contribution in [0.15, 0.2) is 43.0 Å². The summed E-state index contributed by atoms with van der Waals surface area (Å²) in [5, 5.41) is 9.51. The molecule has 0 bridgehead atoms. The van der Waals surface area contributed by atoms with Crippen molar-refractivity contribution in [2.24, 2.45) is 0 Å². The number of aliphatic hydroxyl groups excluding tert-OH is 1. The van der Waals surface area contributed by atoms with Crippen LogP contribution in [0.5, 0.6) is 0 Å². The van der Waals surface area contributed by atoms with Gasteiger partial charge in [0.1, 0.15) is 6.10 Å². The van der Waals surface area contributed by atoms with Gasteiger partial charge in [0.05, 0.1) is 6.04 Å². The first-order valence-corrected chi connectivity index (χ1v) is 5.37. The van der Waals surface area contributed by atoms with Crippen LogP contribution in [0.3, 0.4) is 0 Å². The molecular weight excluding hydrogens is 202 g/mol. The number of aliphatic hydroxyl groups is 1. The van der Waals surface area contributed by atoms with Gasteiger partial charge in [0.2, 0.25) is 0 Å². The molecule has 3 nitrogen and oxygen atoms in total. The molecule has 0 radical (unpaired) electrons. The zero-order valence-corrected chi connectivity index (χ0v) is 9.04. The lowest BCUT2D eigenvalue weighted by molar-refractivity contribution is -0.135. The Kier molecular flexibility index (Phi) is 3.06. The number of likely N-dealkylation sites (tertiary alicyclic amines) is 1. The molecule has 2 unspecified atom stereocenters. The van der Waals surface area contributed by atoms with Crippen molar-refractivity contribution in [3.05, 3.63) is 48.6 Å². The van der Waals surface area contributed by atoms with E-state index in [0.717, 1.165) is 5.56 Å². The lowest BCUT2D eigenvalue weighted by atomic mass is 10.2. The van der Waals surface area contributed by atoms with Crippen LogP contribution in [-0.4, -0.2) is 28.1 Å². The fraction of sp³-hybridized carbons (Fsp3) is 0.308. The summed E-state index contributed by atoms with van der Waals surface area (Å²) in [7, 11) is 0. The minimum atomic E-state index is -0.869. The average Bonchev–Trinajstić information content (AvgIpc) is 2.58. The third kappa shape index (κ3) is 1.99. The predicted molar refractivity (Wildman–Crippen MR) is 61.6 cm³/mol. The number of carbonyl (C=O) groups is 1. The normalized spacial score (nSPS) is 24.8. The minimum absolute atomic E-state index is 0.0530. The first-order valence-electron chi connectivity index (χ1n) is 5.37. The molecule has 0 aromatic heterocycles. The van der Waals surface area contributed by atoms with E-state index in [9.17, 15) is 9.90 Å². The molecule has 0 spiro atoms. The summed E-state index contributed by atoms with van der Waals surface area (Å²) >= 11 is 0. The van der Waals surface area contributed by atoms with E-state index in [4.69, 9.17) is 0 Å². The summed E-state index contributed by atoms with van der Waals surface area (Å²) < 4.78 is 0.